The Labute approximate surface area is 123 Å². The van der Waals surface area contributed by atoms with Gasteiger partial charge >= 0.3 is 5.97 Å². The third-order valence-electron chi connectivity index (χ3n) is 4.22. The number of carbonyl (C=O) groups excluding carboxylic acids is 1. The maximum absolute atomic E-state index is 12.6. The van der Waals surface area contributed by atoms with E-state index in [2.05, 4.69) is 0 Å². The Morgan fingerprint density at radius 1 is 1.29 bits per heavy atom. The van der Waals surface area contributed by atoms with Crippen LogP contribution in [0.2, 0.25) is 0 Å². The smallest absolute Gasteiger partial charge is 0.311 e. The normalized spacial score (nSPS) is 29.4. The molecule has 2 heterocycles. The second-order valence-corrected chi connectivity index (χ2v) is 7.50. The number of aliphatic hydroxyl groups excluding tert-OH is 1. The summed E-state index contributed by atoms with van der Waals surface area (Å²) in [5.41, 5.74) is 0.983. The Balaban J connectivity index is 1.86. The summed E-state index contributed by atoms with van der Waals surface area (Å²) in [6.07, 6.45) is -0.597. The number of nitrogens with zero attached hydrogens (tertiary/aromatic N) is 1. The van der Waals surface area contributed by atoms with E-state index >= 15 is 0 Å². The quantitative estimate of drug-likeness (QED) is 0.803. The second kappa shape index (κ2) is 5.08. The molecule has 1 N–H and O–H groups in total. The maximum atomic E-state index is 12.6. The van der Waals surface area contributed by atoms with Crippen molar-refractivity contribution in [3.8, 4) is 0 Å². The SMILES string of the molecule is Cc1ccc(S(=O)(=O)N2C[C@@H]3[C@H](CO)OC(=O)[C@@H]3C2)cc1. The Kier molecular flexibility index (Phi) is 3.51. The molecule has 0 saturated carbocycles. The van der Waals surface area contributed by atoms with E-state index in [1.807, 2.05) is 6.92 Å². The van der Waals surface area contributed by atoms with Gasteiger partial charge in [0, 0.05) is 19.0 Å². The third-order valence-corrected chi connectivity index (χ3v) is 6.06. The standard InChI is InChI=1S/C14H17NO5S/c1-9-2-4-10(5-3-9)21(18,19)15-6-11-12(7-15)14(17)20-13(11)8-16/h2-5,11-13,16H,6-8H2,1H3/t11-,12+,13-/m0/s1. The van der Waals surface area contributed by atoms with E-state index in [9.17, 15) is 18.3 Å². The van der Waals surface area contributed by atoms with Crippen molar-refractivity contribution in [2.45, 2.75) is 17.9 Å². The lowest BCUT2D eigenvalue weighted by atomic mass is 9.95. The van der Waals surface area contributed by atoms with Crippen molar-refractivity contribution in [3.05, 3.63) is 29.8 Å². The van der Waals surface area contributed by atoms with Gasteiger partial charge in [0.25, 0.3) is 0 Å². The number of esters is 1. The van der Waals surface area contributed by atoms with Crippen LogP contribution in [0.1, 0.15) is 5.56 Å². The molecule has 6 nitrogen and oxygen atoms in total. The summed E-state index contributed by atoms with van der Waals surface area (Å²) in [6.45, 7) is 1.94. The van der Waals surface area contributed by atoms with Gasteiger partial charge in [0.15, 0.2) is 0 Å². The van der Waals surface area contributed by atoms with Crippen molar-refractivity contribution in [2.24, 2.45) is 11.8 Å². The molecule has 0 unspecified atom stereocenters. The first-order valence-electron chi connectivity index (χ1n) is 6.81. The Bertz CT molecular complexity index is 654. The van der Waals surface area contributed by atoms with E-state index in [-0.39, 0.29) is 30.5 Å². The summed E-state index contributed by atoms with van der Waals surface area (Å²) in [6, 6.07) is 6.63. The Morgan fingerprint density at radius 2 is 1.95 bits per heavy atom. The number of benzene rings is 1. The van der Waals surface area contributed by atoms with Gasteiger partial charge in [-0.05, 0) is 19.1 Å². The number of aliphatic hydroxyl groups is 1. The Hall–Kier alpha value is -1.44. The lowest BCUT2D eigenvalue weighted by Gasteiger charge is -2.19. The molecule has 2 aliphatic rings. The molecule has 0 amide bonds. The lowest BCUT2D eigenvalue weighted by molar-refractivity contribution is -0.145. The van der Waals surface area contributed by atoms with Gasteiger partial charge in [-0.2, -0.15) is 4.31 Å². The molecule has 2 saturated heterocycles. The molecule has 0 radical (unpaired) electrons. The summed E-state index contributed by atoms with van der Waals surface area (Å²) in [5, 5.41) is 9.22. The molecule has 21 heavy (non-hydrogen) atoms. The zero-order valence-electron chi connectivity index (χ0n) is 11.6. The molecule has 0 aromatic heterocycles. The molecule has 2 fully saturated rings. The van der Waals surface area contributed by atoms with Crippen molar-refractivity contribution >= 4 is 16.0 Å². The van der Waals surface area contributed by atoms with Crippen LogP contribution >= 0.6 is 0 Å². The lowest BCUT2D eigenvalue weighted by Crippen LogP contribution is -2.33. The minimum atomic E-state index is -3.61. The molecular weight excluding hydrogens is 294 g/mol. The topological polar surface area (TPSA) is 83.9 Å². The minimum Gasteiger partial charge on any atom is -0.459 e. The number of carbonyl (C=O) groups is 1. The van der Waals surface area contributed by atoms with Crippen LogP contribution in [0.4, 0.5) is 0 Å². The van der Waals surface area contributed by atoms with E-state index in [0.29, 0.717) is 0 Å². The summed E-state index contributed by atoms with van der Waals surface area (Å²) in [7, 11) is -3.61. The van der Waals surface area contributed by atoms with Gasteiger partial charge in [0.2, 0.25) is 10.0 Å². The van der Waals surface area contributed by atoms with Gasteiger partial charge in [-0.1, -0.05) is 17.7 Å². The maximum Gasteiger partial charge on any atom is 0.311 e. The van der Waals surface area contributed by atoms with E-state index in [1.165, 1.54) is 4.31 Å². The highest BCUT2D eigenvalue weighted by Crippen LogP contribution is 2.37. The summed E-state index contributed by atoms with van der Waals surface area (Å²) < 4.78 is 31.5. The van der Waals surface area contributed by atoms with Crippen molar-refractivity contribution in [1.82, 2.24) is 4.31 Å². The monoisotopic (exact) mass is 311 g/mol. The first-order valence-corrected chi connectivity index (χ1v) is 8.25. The highest BCUT2D eigenvalue weighted by Gasteiger charge is 2.52. The molecule has 3 atom stereocenters. The van der Waals surface area contributed by atoms with Crippen LogP contribution in [0.3, 0.4) is 0 Å². The minimum absolute atomic E-state index is 0.121. The van der Waals surface area contributed by atoms with Crippen LogP contribution in [0.15, 0.2) is 29.2 Å². The van der Waals surface area contributed by atoms with Crippen LogP contribution in [0.25, 0.3) is 0 Å². The largest absolute Gasteiger partial charge is 0.459 e. The number of rotatable bonds is 3. The van der Waals surface area contributed by atoms with Crippen LogP contribution in [0, 0.1) is 18.8 Å². The van der Waals surface area contributed by atoms with Crippen molar-refractivity contribution in [2.75, 3.05) is 19.7 Å². The Morgan fingerprint density at radius 3 is 2.57 bits per heavy atom. The second-order valence-electron chi connectivity index (χ2n) is 5.56. The van der Waals surface area contributed by atoms with Crippen molar-refractivity contribution < 1.29 is 23.1 Å². The predicted molar refractivity (Wildman–Crippen MR) is 73.9 cm³/mol. The van der Waals surface area contributed by atoms with Gasteiger partial charge in [-0.15, -0.1) is 0 Å². The molecule has 3 rings (SSSR count). The van der Waals surface area contributed by atoms with Gasteiger partial charge in [-0.25, -0.2) is 8.42 Å². The number of cyclic esters (lactones) is 1. The van der Waals surface area contributed by atoms with Gasteiger partial charge in [0.1, 0.15) is 6.10 Å². The molecular formula is C14H17NO5S. The van der Waals surface area contributed by atoms with Gasteiger partial charge in [-0.3, -0.25) is 4.79 Å². The van der Waals surface area contributed by atoms with E-state index < -0.39 is 28.0 Å². The fraction of sp³-hybridized carbons (Fsp3) is 0.500. The summed E-state index contributed by atoms with van der Waals surface area (Å²) in [5.74, 6) is -1.15. The zero-order chi connectivity index (χ0) is 15.2. The predicted octanol–water partition coefficient (Wildman–Crippen LogP) is 0.149. The van der Waals surface area contributed by atoms with Crippen molar-refractivity contribution in [1.29, 1.82) is 0 Å². The number of fused-ring (bicyclic) bond motifs is 1. The van der Waals surface area contributed by atoms with E-state index in [0.717, 1.165) is 5.56 Å². The average molecular weight is 311 g/mol. The summed E-state index contributed by atoms with van der Waals surface area (Å²) >= 11 is 0. The number of aryl methyl sites for hydroxylation is 1. The molecule has 2 aliphatic heterocycles. The summed E-state index contributed by atoms with van der Waals surface area (Å²) in [4.78, 5) is 11.9. The third kappa shape index (κ3) is 2.35. The zero-order valence-corrected chi connectivity index (χ0v) is 12.4. The highest BCUT2D eigenvalue weighted by atomic mass is 32.2. The average Bonchev–Trinajstić information content (AvgIpc) is 3.01. The fourth-order valence-corrected chi connectivity index (χ4v) is 4.47. The van der Waals surface area contributed by atoms with Gasteiger partial charge < -0.3 is 9.84 Å². The fourth-order valence-electron chi connectivity index (χ4n) is 2.97. The molecule has 7 heteroatoms. The van der Waals surface area contributed by atoms with E-state index in [1.54, 1.807) is 24.3 Å². The first kappa shape index (κ1) is 14.5. The molecule has 114 valence electrons. The number of hydrogen-bond donors (Lipinski definition) is 1. The molecule has 0 bridgehead atoms. The first-order chi connectivity index (χ1) is 9.93. The van der Waals surface area contributed by atoms with E-state index in [4.69, 9.17) is 4.74 Å². The van der Waals surface area contributed by atoms with Gasteiger partial charge in [0.05, 0.1) is 17.4 Å². The molecule has 0 spiro atoms. The van der Waals surface area contributed by atoms with Crippen LogP contribution in [0.5, 0.6) is 0 Å². The van der Waals surface area contributed by atoms with Crippen molar-refractivity contribution in [3.63, 3.8) is 0 Å². The number of sulfonamides is 1. The molecule has 1 aromatic rings. The highest BCUT2D eigenvalue weighted by molar-refractivity contribution is 7.89. The van der Waals surface area contributed by atoms with Crippen LogP contribution in [-0.2, 0) is 19.6 Å². The molecule has 1 aromatic carbocycles. The number of hydrogen-bond acceptors (Lipinski definition) is 5. The van der Waals surface area contributed by atoms with Crippen LogP contribution in [-0.4, -0.2) is 49.6 Å². The molecule has 0 aliphatic carbocycles. The number of ether oxygens (including phenoxy) is 1. The van der Waals surface area contributed by atoms with Crippen LogP contribution < -0.4 is 0 Å².